The fraction of sp³-hybridized carbons (Fsp3) is 0.200. The molecular formula is C10H11NO4. The van der Waals surface area contributed by atoms with Crippen LogP contribution in [0.1, 0.15) is 10.4 Å². The monoisotopic (exact) mass is 209 g/mol. The third-order valence-electron chi connectivity index (χ3n) is 1.71. The number of amides is 1. The van der Waals surface area contributed by atoms with E-state index in [1.54, 1.807) is 0 Å². The third kappa shape index (κ3) is 3.30. The van der Waals surface area contributed by atoms with Crippen molar-refractivity contribution in [1.82, 2.24) is 5.32 Å². The zero-order valence-electron chi connectivity index (χ0n) is 7.97. The van der Waals surface area contributed by atoms with Crippen LogP contribution < -0.4 is 10.1 Å². The molecule has 1 amide bonds. The maximum Gasteiger partial charge on any atom is 0.207 e. The van der Waals surface area contributed by atoms with E-state index in [1.807, 2.05) is 0 Å². The van der Waals surface area contributed by atoms with Crippen LogP contribution in [-0.2, 0) is 4.79 Å². The number of carbonyl (C=O) groups is 2. The van der Waals surface area contributed by atoms with Crippen molar-refractivity contribution in [1.29, 1.82) is 0 Å². The van der Waals surface area contributed by atoms with Crippen LogP contribution in [0.15, 0.2) is 18.2 Å². The molecule has 0 heterocycles. The number of benzene rings is 1. The predicted octanol–water partition coefficient (Wildman–Crippen LogP) is 0.329. The molecule has 0 unspecified atom stereocenters. The highest BCUT2D eigenvalue weighted by atomic mass is 16.5. The van der Waals surface area contributed by atoms with Crippen molar-refractivity contribution in [3.05, 3.63) is 23.8 Å². The quantitative estimate of drug-likeness (QED) is 0.523. The average Bonchev–Trinajstić information content (AvgIpc) is 2.26. The lowest BCUT2D eigenvalue weighted by molar-refractivity contribution is -0.109. The van der Waals surface area contributed by atoms with E-state index in [-0.39, 0.29) is 18.1 Å². The van der Waals surface area contributed by atoms with Gasteiger partial charge in [-0.1, -0.05) is 0 Å². The zero-order chi connectivity index (χ0) is 11.1. The van der Waals surface area contributed by atoms with E-state index in [4.69, 9.17) is 4.74 Å². The van der Waals surface area contributed by atoms with Crippen molar-refractivity contribution in [2.75, 3.05) is 13.2 Å². The van der Waals surface area contributed by atoms with Crippen LogP contribution in [0.3, 0.4) is 0 Å². The number of hydrogen-bond donors (Lipinski definition) is 2. The lowest BCUT2D eigenvalue weighted by Crippen LogP contribution is -2.18. The lowest BCUT2D eigenvalue weighted by Gasteiger charge is -2.07. The predicted molar refractivity (Wildman–Crippen MR) is 53.1 cm³/mol. The maximum absolute atomic E-state index is 10.4. The van der Waals surface area contributed by atoms with Gasteiger partial charge in [0, 0.05) is 5.56 Å². The molecule has 1 aromatic rings. The van der Waals surface area contributed by atoms with Gasteiger partial charge in [0.1, 0.15) is 12.9 Å². The Morgan fingerprint density at radius 2 is 2.20 bits per heavy atom. The molecule has 1 aromatic carbocycles. The molecule has 0 aliphatic rings. The topological polar surface area (TPSA) is 75.6 Å². The van der Waals surface area contributed by atoms with Crippen LogP contribution in [0.5, 0.6) is 11.5 Å². The van der Waals surface area contributed by atoms with E-state index >= 15 is 0 Å². The Hall–Kier alpha value is -2.04. The van der Waals surface area contributed by atoms with Gasteiger partial charge < -0.3 is 15.2 Å². The summed E-state index contributed by atoms with van der Waals surface area (Å²) >= 11 is 0. The molecule has 0 atom stereocenters. The second-order valence-corrected chi connectivity index (χ2v) is 2.77. The molecule has 15 heavy (non-hydrogen) atoms. The van der Waals surface area contributed by atoms with E-state index in [2.05, 4.69) is 5.32 Å². The van der Waals surface area contributed by atoms with Gasteiger partial charge in [0.05, 0.1) is 6.54 Å². The summed E-state index contributed by atoms with van der Waals surface area (Å²) in [4.78, 5) is 20.3. The van der Waals surface area contributed by atoms with Gasteiger partial charge in [-0.2, -0.15) is 0 Å². The number of rotatable bonds is 6. The number of aldehydes is 1. The van der Waals surface area contributed by atoms with Crippen molar-refractivity contribution in [3.8, 4) is 11.5 Å². The van der Waals surface area contributed by atoms with E-state index in [0.717, 1.165) is 0 Å². The van der Waals surface area contributed by atoms with Gasteiger partial charge in [0.2, 0.25) is 6.41 Å². The number of carbonyl (C=O) groups excluding carboxylic acids is 2. The average molecular weight is 209 g/mol. The smallest absolute Gasteiger partial charge is 0.207 e. The molecule has 0 spiro atoms. The Balaban J connectivity index is 2.54. The Morgan fingerprint density at radius 3 is 2.80 bits per heavy atom. The first-order valence-electron chi connectivity index (χ1n) is 4.36. The molecule has 0 bridgehead atoms. The molecule has 0 saturated heterocycles. The van der Waals surface area contributed by atoms with Gasteiger partial charge in [-0.25, -0.2) is 0 Å². The Labute approximate surface area is 86.7 Å². The Kier molecular flexibility index (Phi) is 4.15. The van der Waals surface area contributed by atoms with Gasteiger partial charge in [-0.3, -0.25) is 9.59 Å². The van der Waals surface area contributed by atoms with Crippen molar-refractivity contribution in [2.45, 2.75) is 0 Å². The number of phenolic OH excluding ortho intramolecular Hbond substituents is 1. The molecule has 2 N–H and O–H groups in total. The standard InChI is InChI=1S/C10H11NO4/c12-6-8-1-2-10(9(14)5-8)15-4-3-11-7-13/h1-2,5-7,14H,3-4H2,(H,11,13). The molecule has 0 aromatic heterocycles. The van der Waals surface area contributed by atoms with Gasteiger partial charge in [0.15, 0.2) is 11.5 Å². The summed E-state index contributed by atoms with van der Waals surface area (Å²) in [6.07, 6.45) is 1.20. The molecule has 0 saturated carbocycles. The van der Waals surface area contributed by atoms with Crippen molar-refractivity contribution in [2.24, 2.45) is 0 Å². The largest absolute Gasteiger partial charge is 0.504 e. The fourth-order valence-corrected chi connectivity index (χ4v) is 1.01. The van der Waals surface area contributed by atoms with Crippen molar-refractivity contribution < 1.29 is 19.4 Å². The number of nitrogens with one attached hydrogen (secondary N) is 1. The van der Waals surface area contributed by atoms with Crippen LogP contribution in [-0.4, -0.2) is 31.0 Å². The second-order valence-electron chi connectivity index (χ2n) is 2.77. The molecule has 5 heteroatoms. The highest BCUT2D eigenvalue weighted by Gasteiger charge is 2.02. The normalized spacial score (nSPS) is 9.33. The van der Waals surface area contributed by atoms with Crippen molar-refractivity contribution >= 4 is 12.7 Å². The van der Waals surface area contributed by atoms with Crippen LogP contribution in [0.4, 0.5) is 0 Å². The van der Waals surface area contributed by atoms with Crippen molar-refractivity contribution in [3.63, 3.8) is 0 Å². The van der Waals surface area contributed by atoms with E-state index in [9.17, 15) is 14.7 Å². The zero-order valence-corrected chi connectivity index (χ0v) is 7.97. The maximum atomic E-state index is 10.4. The summed E-state index contributed by atoms with van der Waals surface area (Å²) in [7, 11) is 0. The molecule has 0 aliphatic heterocycles. The summed E-state index contributed by atoms with van der Waals surface area (Å²) < 4.78 is 5.15. The lowest BCUT2D eigenvalue weighted by atomic mass is 10.2. The minimum atomic E-state index is -0.0919. The minimum absolute atomic E-state index is 0.0919. The van der Waals surface area contributed by atoms with Crippen LogP contribution in [0.2, 0.25) is 0 Å². The fourth-order valence-electron chi connectivity index (χ4n) is 1.01. The van der Waals surface area contributed by atoms with E-state index < -0.39 is 0 Å². The second kappa shape index (κ2) is 5.64. The molecule has 80 valence electrons. The van der Waals surface area contributed by atoms with Gasteiger partial charge >= 0.3 is 0 Å². The van der Waals surface area contributed by atoms with Gasteiger partial charge in [-0.15, -0.1) is 0 Å². The van der Waals surface area contributed by atoms with Crippen LogP contribution in [0, 0.1) is 0 Å². The van der Waals surface area contributed by atoms with Crippen LogP contribution in [0.25, 0.3) is 0 Å². The van der Waals surface area contributed by atoms with E-state index in [0.29, 0.717) is 24.8 Å². The summed E-state index contributed by atoms with van der Waals surface area (Å²) in [6.45, 7) is 0.616. The first-order valence-corrected chi connectivity index (χ1v) is 4.36. The van der Waals surface area contributed by atoms with Crippen LogP contribution >= 0.6 is 0 Å². The number of hydrogen-bond acceptors (Lipinski definition) is 4. The summed E-state index contributed by atoms with van der Waals surface area (Å²) in [5.41, 5.74) is 0.380. The first-order chi connectivity index (χ1) is 7.27. The Bertz CT molecular complexity index is 351. The molecule has 0 aliphatic carbocycles. The third-order valence-corrected chi connectivity index (χ3v) is 1.71. The Morgan fingerprint density at radius 1 is 1.40 bits per heavy atom. The van der Waals surface area contributed by atoms with Gasteiger partial charge in [0.25, 0.3) is 0 Å². The highest BCUT2D eigenvalue weighted by Crippen LogP contribution is 2.25. The van der Waals surface area contributed by atoms with Gasteiger partial charge in [-0.05, 0) is 18.2 Å². The van der Waals surface area contributed by atoms with E-state index in [1.165, 1.54) is 18.2 Å². The summed E-state index contributed by atoms with van der Waals surface area (Å²) in [5, 5.41) is 11.8. The summed E-state index contributed by atoms with van der Waals surface area (Å²) in [6, 6.07) is 4.35. The highest BCUT2D eigenvalue weighted by molar-refractivity contribution is 5.76. The summed E-state index contributed by atoms with van der Waals surface area (Å²) in [5.74, 6) is 0.194. The number of aromatic hydroxyl groups is 1. The molecule has 0 fully saturated rings. The minimum Gasteiger partial charge on any atom is -0.504 e. The number of phenols is 1. The number of ether oxygens (including phenoxy) is 1. The first kappa shape index (κ1) is 11.0. The molecule has 0 radical (unpaired) electrons. The molecular weight excluding hydrogens is 198 g/mol. The SMILES string of the molecule is O=CNCCOc1ccc(C=O)cc1O. The molecule has 5 nitrogen and oxygen atoms in total. The molecule has 1 rings (SSSR count).